The van der Waals surface area contributed by atoms with Gasteiger partial charge in [0.25, 0.3) is 0 Å². The Hall–Kier alpha value is -1.20. The number of nitrogens with one attached hydrogen (secondary N) is 1. The smallest absolute Gasteiger partial charge is 0.241 e. The van der Waals surface area contributed by atoms with Crippen molar-refractivity contribution < 1.29 is 13.2 Å². The first-order valence-corrected chi connectivity index (χ1v) is 5.99. The molecule has 1 aromatic carbocycles. The van der Waals surface area contributed by atoms with Gasteiger partial charge in [-0.05, 0) is 26.0 Å². The molecule has 0 aliphatic carbocycles. The van der Waals surface area contributed by atoms with E-state index in [0.717, 1.165) is 0 Å². The highest BCUT2D eigenvalue weighted by Gasteiger charge is 2.18. The standard InChI is InChI=1S/C10H13NO3S/c1-8(9(2)12)11-15(13,14)10-6-4-3-5-7-10/h3-8,11H,1-2H3/t8-/m0/s1. The molecule has 82 valence electrons. The van der Waals surface area contributed by atoms with Gasteiger partial charge >= 0.3 is 0 Å². The Morgan fingerprint density at radius 3 is 2.27 bits per heavy atom. The molecule has 0 aliphatic heterocycles. The molecular formula is C10H13NO3S. The lowest BCUT2D eigenvalue weighted by atomic mass is 10.3. The van der Waals surface area contributed by atoms with Crippen LogP contribution in [0.4, 0.5) is 0 Å². The molecule has 0 saturated carbocycles. The van der Waals surface area contributed by atoms with Crippen molar-refractivity contribution in [2.24, 2.45) is 0 Å². The van der Waals surface area contributed by atoms with Crippen LogP contribution in [0.15, 0.2) is 35.2 Å². The van der Waals surface area contributed by atoms with Gasteiger partial charge in [0.2, 0.25) is 10.0 Å². The van der Waals surface area contributed by atoms with Crippen LogP contribution in [0.1, 0.15) is 13.8 Å². The highest BCUT2D eigenvalue weighted by Crippen LogP contribution is 2.07. The topological polar surface area (TPSA) is 63.2 Å². The summed E-state index contributed by atoms with van der Waals surface area (Å²) < 4.78 is 25.7. The first-order chi connectivity index (χ1) is 6.93. The zero-order chi connectivity index (χ0) is 11.5. The Bertz CT molecular complexity index is 439. The van der Waals surface area contributed by atoms with E-state index in [1.165, 1.54) is 26.0 Å². The first-order valence-electron chi connectivity index (χ1n) is 4.51. The van der Waals surface area contributed by atoms with E-state index >= 15 is 0 Å². The molecule has 0 aromatic heterocycles. The zero-order valence-electron chi connectivity index (χ0n) is 8.60. The van der Waals surface area contributed by atoms with Crippen LogP contribution < -0.4 is 4.72 Å². The second-order valence-electron chi connectivity index (χ2n) is 3.27. The Balaban J connectivity index is 2.91. The van der Waals surface area contributed by atoms with E-state index in [1.807, 2.05) is 0 Å². The third-order valence-electron chi connectivity index (χ3n) is 2.00. The molecule has 5 heteroatoms. The number of sulfonamides is 1. The number of ketones is 1. The Morgan fingerprint density at radius 2 is 1.80 bits per heavy atom. The van der Waals surface area contributed by atoms with Crippen molar-refractivity contribution in [3.63, 3.8) is 0 Å². The normalized spacial score (nSPS) is 13.5. The van der Waals surface area contributed by atoms with E-state index in [9.17, 15) is 13.2 Å². The number of hydrogen-bond acceptors (Lipinski definition) is 3. The summed E-state index contributed by atoms with van der Waals surface area (Å²) in [5, 5.41) is 0. The maximum atomic E-state index is 11.7. The summed E-state index contributed by atoms with van der Waals surface area (Å²) in [7, 11) is -3.58. The van der Waals surface area contributed by atoms with Gasteiger partial charge < -0.3 is 0 Å². The largest absolute Gasteiger partial charge is 0.298 e. The minimum Gasteiger partial charge on any atom is -0.298 e. The van der Waals surface area contributed by atoms with Crippen molar-refractivity contribution in [1.29, 1.82) is 0 Å². The van der Waals surface area contributed by atoms with Crippen LogP contribution in [0.5, 0.6) is 0 Å². The molecule has 0 bridgehead atoms. The minimum atomic E-state index is -3.58. The number of carbonyl (C=O) groups is 1. The van der Waals surface area contributed by atoms with E-state index in [0.29, 0.717) is 0 Å². The van der Waals surface area contributed by atoms with Gasteiger partial charge in [-0.25, -0.2) is 13.1 Å². The van der Waals surface area contributed by atoms with Gasteiger partial charge in [-0.2, -0.15) is 0 Å². The average Bonchev–Trinajstić information content (AvgIpc) is 2.18. The Kier molecular flexibility index (Phi) is 3.60. The van der Waals surface area contributed by atoms with Crippen molar-refractivity contribution in [2.45, 2.75) is 24.8 Å². The summed E-state index contributed by atoms with van der Waals surface area (Å²) in [6, 6.07) is 7.26. The van der Waals surface area contributed by atoms with Crippen molar-refractivity contribution >= 4 is 15.8 Å². The lowest BCUT2D eigenvalue weighted by Gasteiger charge is -2.10. The van der Waals surface area contributed by atoms with Crippen molar-refractivity contribution in [2.75, 3.05) is 0 Å². The zero-order valence-corrected chi connectivity index (χ0v) is 9.41. The van der Waals surface area contributed by atoms with E-state index in [1.54, 1.807) is 18.2 Å². The van der Waals surface area contributed by atoms with Gasteiger partial charge in [0.15, 0.2) is 0 Å². The molecule has 0 radical (unpaired) electrons. The van der Waals surface area contributed by atoms with Gasteiger partial charge in [-0.1, -0.05) is 18.2 Å². The van der Waals surface area contributed by atoms with Gasteiger partial charge in [0.05, 0.1) is 10.9 Å². The third-order valence-corrected chi connectivity index (χ3v) is 3.55. The molecule has 0 spiro atoms. The first kappa shape index (κ1) is 11.9. The Morgan fingerprint density at radius 1 is 1.27 bits per heavy atom. The number of hydrogen-bond donors (Lipinski definition) is 1. The fraction of sp³-hybridized carbons (Fsp3) is 0.300. The van der Waals surface area contributed by atoms with Crippen LogP contribution in [0.25, 0.3) is 0 Å². The summed E-state index contributed by atoms with van der Waals surface area (Å²) in [5.74, 6) is -0.213. The number of carbonyl (C=O) groups excluding carboxylic acids is 1. The predicted molar refractivity (Wildman–Crippen MR) is 56.9 cm³/mol. The van der Waals surface area contributed by atoms with Gasteiger partial charge in [0, 0.05) is 0 Å². The molecule has 4 nitrogen and oxygen atoms in total. The third kappa shape index (κ3) is 3.14. The maximum absolute atomic E-state index is 11.7. The van der Waals surface area contributed by atoms with Gasteiger partial charge in [-0.15, -0.1) is 0 Å². The minimum absolute atomic E-state index is 0.165. The lowest BCUT2D eigenvalue weighted by molar-refractivity contribution is -0.118. The molecule has 0 fully saturated rings. The summed E-state index contributed by atoms with van der Waals surface area (Å²) in [4.78, 5) is 11.1. The van der Waals surface area contributed by atoms with Crippen molar-refractivity contribution in [3.05, 3.63) is 30.3 Å². The highest BCUT2D eigenvalue weighted by atomic mass is 32.2. The van der Waals surface area contributed by atoms with Crippen LogP contribution in [-0.2, 0) is 14.8 Å². The molecule has 1 atom stereocenters. The van der Waals surface area contributed by atoms with E-state index in [-0.39, 0.29) is 10.7 Å². The number of Topliss-reactive ketones (excluding diaryl/α,β-unsaturated/α-hetero) is 1. The fourth-order valence-corrected chi connectivity index (χ4v) is 2.27. The van der Waals surface area contributed by atoms with E-state index in [4.69, 9.17) is 0 Å². The quantitative estimate of drug-likeness (QED) is 0.832. The van der Waals surface area contributed by atoms with Crippen LogP contribution in [0.2, 0.25) is 0 Å². The van der Waals surface area contributed by atoms with Gasteiger partial charge in [0.1, 0.15) is 5.78 Å². The van der Waals surface area contributed by atoms with Crippen LogP contribution in [0, 0.1) is 0 Å². The van der Waals surface area contributed by atoms with Crippen LogP contribution >= 0.6 is 0 Å². The maximum Gasteiger partial charge on any atom is 0.241 e. The molecule has 0 saturated heterocycles. The summed E-state index contributed by atoms with van der Waals surface area (Å²) >= 11 is 0. The molecule has 0 heterocycles. The van der Waals surface area contributed by atoms with Crippen LogP contribution in [-0.4, -0.2) is 20.2 Å². The Labute approximate surface area is 89.4 Å². The van der Waals surface area contributed by atoms with E-state index in [2.05, 4.69) is 4.72 Å². The molecule has 0 aliphatic rings. The summed E-state index contributed by atoms with van der Waals surface area (Å²) in [6.07, 6.45) is 0. The number of rotatable bonds is 4. The second-order valence-corrected chi connectivity index (χ2v) is 4.98. The summed E-state index contributed by atoms with van der Waals surface area (Å²) in [5.41, 5.74) is 0. The monoisotopic (exact) mass is 227 g/mol. The van der Waals surface area contributed by atoms with Gasteiger partial charge in [-0.3, -0.25) is 4.79 Å². The molecule has 15 heavy (non-hydrogen) atoms. The average molecular weight is 227 g/mol. The molecule has 1 N–H and O–H groups in total. The molecule has 1 rings (SSSR count). The fourth-order valence-electron chi connectivity index (χ4n) is 0.983. The van der Waals surface area contributed by atoms with Crippen molar-refractivity contribution in [3.8, 4) is 0 Å². The molecule has 0 amide bonds. The van der Waals surface area contributed by atoms with Crippen LogP contribution in [0.3, 0.4) is 0 Å². The second kappa shape index (κ2) is 4.55. The molecular weight excluding hydrogens is 214 g/mol. The lowest BCUT2D eigenvalue weighted by Crippen LogP contribution is -2.37. The highest BCUT2D eigenvalue weighted by molar-refractivity contribution is 7.89. The molecule has 1 aromatic rings. The SMILES string of the molecule is CC(=O)[C@H](C)NS(=O)(=O)c1ccccc1. The number of benzene rings is 1. The predicted octanol–water partition coefficient (Wildman–Crippen LogP) is 0.942. The van der Waals surface area contributed by atoms with Crippen molar-refractivity contribution in [1.82, 2.24) is 4.72 Å². The molecule has 0 unspecified atom stereocenters. The summed E-state index contributed by atoms with van der Waals surface area (Å²) in [6.45, 7) is 2.86. The van der Waals surface area contributed by atoms with E-state index < -0.39 is 16.1 Å².